The first kappa shape index (κ1) is 26.7. The molecule has 6 nitrogen and oxygen atoms in total. The number of nitrogens with zero attached hydrogens (tertiary/aromatic N) is 1. The number of ether oxygens (including phenoxy) is 1. The van der Waals surface area contributed by atoms with Crippen LogP contribution in [-0.4, -0.2) is 24.5 Å². The molecule has 0 spiro atoms. The third kappa shape index (κ3) is 5.82. The van der Waals surface area contributed by atoms with Crippen LogP contribution in [0.15, 0.2) is 54.1 Å². The Morgan fingerprint density at radius 3 is 2.24 bits per heavy atom. The van der Waals surface area contributed by atoms with E-state index in [9.17, 15) is 14.4 Å². The molecule has 3 aromatic carbocycles. The fraction of sp³-hybridized carbons (Fsp3) is 0.179. The molecule has 0 aromatic heterocycles. The van der Waals surface area contributed by atoms with Gasteiger partial charge in [0.1, 0.15) is 11.3 Å². The van der Waals surface area contributed by atoms with E-state index in [1.807, 2.05) is 20.8 Å². The van der Waals surface area contributed by atoms with Gasteiger partial charge < -0.3 is 4.74 Å². The Bertz CT molecular complexity index is 1450. The molecule has 4 amide bonds. The van der Waals surface area contributed by atoms with Crippen LogP contribution < -0.4 is 15.0 Å². The van der Waals surface area contributed by atoms with Crippen molar-refractivity contribution in [2.24, 2.45) is 0 Å². The van der Waals surface area contributed by atoms with E-state index in [-0.39, 0.29) is 21.3 Å². The summed E-state index contributed by atoms with van der Waals surface area (Å²) in [7, 11) is 0. The topological polar surface area (TPSA) is 75.7 Å². The minimum absolute atomic E-state index is 0.162. The molecule has 1 aliphatic heterocycles. The number of hydrogen-bond acceptors (Lipinski definition) is 4. The third-order valence-electron chi connectivity index (χ3n) is 5.71. The lowest BCUT2D eigenvalue weighted by atomic mass is 9.98. The number of carbonyl (C=O) groups excluding carboxylic acids is 3. The van der Waals surface area contributed by atoms with Crippen molar-refractivity contribution in [2.75, 3.05) is 11.5 Å². The van der Waals surface area contributed by atoms with Gasteiger partial charge in [-0.25, -0.2) is 9.69 Å². The number of barbiturate groups is 1. The molecule has 0 saturated carbocycles. The number of hydrogen-bond donors (Lipinski definition) is 1. The molecule has 0 radical (unpaired) electrons. The summed E-state index contributed by atoms with van der Waals surface area (Å²) in [4.78, 5) is 39.2. The standard InChI is InChI=1S/C28H23Cl3N2O4/c1-4-37-25-13-18(12-23(30)20(25)10-17-8-15(2)7-16(3)9-17)11-21-26(34)32-28(36)33(27(21)35)19-5-6-22(29)24(31)14-19/h5-9,11-14H,4,10H2,1-3H3,(H,32,34,36)/b21-11+. The maximum atomic E-state index is 13.3. The Morgan fingerprint density at radius 1 is 0.892 bits per heavy atom. The van der Waals surface area contributed by atoms with Crippen LogP contribution in [0, 0.1) is 13.8 Å². The maximum Gasteiger partial charge on any atom is 0.335 e. The van der Waals surface area contributed by atoms with Gasteiger partial charge in [-0.05, 0) is 68.3 Å². The van der Waals surface area contributed by atoms with Gasteiger partial charge in [0.05, 0.1) is 22.3 Å². The van der Waals surface area contributed by atoms with Crippen LogP contribution in [0.2, 0.25) is 15.1 Å². The van der Waals surface area contributed by atoms with Crippen molar-refractivity contribution in [2.45, 2.75) is 27.2 Å². The predicted molar refractivity (Wildman–Crippen MR) is 147 cm³/mol. The Kier molecular flexibility index (Phi) is 7.93. The second kappa shape index (κ2) is 11.0. The molecule has 0 atom stereocenters. The zero-order valence-electron chi connectivity index (χ0n) is 20.3. The molecule has 1 fully saturated rings. The molecule has 190 valence electrons. The summed E-state index contributed by atoms with van der Waals surface area (Å²) in [6.07, 6.45) is 1.93. The smallest absolute Gasteiger partial charge is 0.335 e. The second-order valence-electron chi connectivity index (χ2n) is 8.64. The molecule has 3 aromatic rings. The van der Waals surface area contributed by atoms with E-state index in [0.29, 0.717) is 29.4 Å². The van der Waals surface area contributed by atoms with Gasteiger partial charge in [0.15, 0.2) is 0 Å². The zero-order valence-corrected chi connectivity index (χ0v) is 22.6. The molecule has 1 N–H and O–H groups in total. The van der Waals surface area contributed by atoms with Gasteiger partial charge in [-0.1, -0.05) is 64.1 Å². The predicted octanol–water partition coefficient (Wildman–Crippen LogP) is 6.92. The summed E-state index contributed by atoms with van der Waals surface area (Å²) in [5.74, 6) is -1.08. The molecular formula is C28H23Cl3N2O4. The molecule has 4 rings (SSSR count). The minimum atomic E-state index is -0.887. The van der Waals surface area contributed by atoms with Crippen molar-refractivity contribution < 1.29 is 19.1 Å². The van der Waals surface area contributed by atoms with Crippen molar-refractivity contribution in [1.29, 1.82) is 0 Å². The van der Waals surface area contributed by atoms with E-state index in [4.69, 9.17) is 39.5 Å². The molecule has 0 bridgehead atoms. The van der Waals surface area contributed by atoms with E-state index in [1.165, 1.54) is 24.3 Å². The quantitative estimate of drug-likeness (QED) is 0.264. The first-order chi connectivity index (χ1) is 17.6. The first-order valence-corrected chi connectivity index (χ1v) is 12.6. The Morgan fingerprint density at radius 2 is 1.59 bits per heavy atom. The Hall–Kier alpha value is -3.32. The van der Waals surface area contributed by atoms with Crippen molar-refractivity contribution in [3.63, 3.8) is 0 Å². The van der Waals surface area contributed by atoms with Gasteiger partial charge >= 0.3 is 6.03 Å². The molecule has 9 heteroatoms. The molecule has 37 heavy (non-hydrogen) atoms. The van der Waals surface area contributed by atoms with E-state index in [2.05, 4.69) is 23.5 Å². The number of urea groups is 1. The lowest BCUT2D eigenvalue weighted by molar-refractivity contribution is -0.122. The fourth-order valence-corrected chi connectivity index (χ4v) is 4.81. The van der Waals surface area contributed by atoms with Crippen LogP contribution >= 0.6 is 34.8 Å². The lowest BCUT2D eigenvalue weighted by Crippen LogP contribution is -2.54. The Labute approximate surface area is 229 Å². The van der Waals surface area contributed by atoms with Crippen molar-refractivity contribution >= 4 is 64.4 Å². The number of nitrogens with one attached hydrogen (secondary N) is 1. The van der Waals surface area contributed by atoms with Crippen molar-refractivity contribution in [1.82, 2.24) is 5.32 Å². The number of benzene rings is 3. The fourth-order valence-electron chi connectivity index (χ4n) is 4.23. The summed E-state index contributed by atoms with van der Waals surface area (Å²) in [6.45, 7) is 6.33. The largest absolute Gasteiger partial charge is 0.494 e. The average Bonchev–Trinajstić information content (AvgIpc) is 2.80. The number of rotatable bonds is 6. The zero-order chi connectivity index (χ0) is 26.9. The van der Waals surface area contributed by atoms with Crippen LogP contribution in [0.4, 0.5) is 10.5 Å². The molecule has 1 aliphatic rings. The van der Waals surface area contributed by atoms with Crippen LogP contribution in [0.1, 0.15) is 34.7 Å². The monoisotopic (exact) mass is 556 g/mol. The molecule has 0 unspecified atom stereocenters. The number of amides is 4. The van der Waals surface area contributed by atoms with E-state index in [0.717, 1.165) is 27.2 Å². The van der Waals surface area contributed by atoms with Gasteiger partial charge in [0, 0.05) is 17.0 Å². The van der Waals surface area contributed by atoms with Crippen molar-refractivity contribution in [3.05, 3.63) is 97.0 Å². The maximum absolute atomic E-state index is 13.3. The van der Waals surface area contributed by atoms with Gasteiger partial charge in [0.2, 0.25) is 0 Å². The highest BCUT2D eigenvalue weighted by atomic mass is 35.5. The number of anilines is 1. The van der Waals surface area contributed by atoms with Gasteiger partial charge in [0.25, 0.3) is 11.8 Å². The normalized spacial score (nSPS) is 14.8. The summed E-state index contributed by atoms with van der Waals surface area (Å²) >= 11 is 18.7. The molecule has 1 saturated heterocycles. The second-order valence-corrected chi connectivity index (χ2v) is 9.86. The van der Waals surface area contributed by atoms with Crippen LogP contribution in [-0.2, 0) is 16.0 Å². The summed E-state index contributed by atoms with van der Waals surface area (Å²) in [5.41, 5.74) is 4.58. The first-order valence-electron chi connectivity index (χ1n) is 11.5. The lowest BCUT2D eigenvalue weighted by Gasteiger charge is -2.26. The number of carbonyl (C=O) groups is 3. The molecule has 0 aliphatic carbocycles. The Balaban J connectivity index is 1.73. The van der Waals surface area contributed by atoms with Crippen LogP contribution in [0.25, 0.3) is 6.08 Å². The summed E-state index contributed by atoms with van der Waals surface area (Å²) < 4.78 is 5.88. The van der Waals surface area contributed by atoms with Gasteiger partial charge in [-0.15, -0.1) is 0 Å². The van der Waals surface area contributed by atoms with Crippen LogP contribution in [0.5, 0.6) is 5.75 Å². The highest BCUT2D eigenvalue weighted by Crippen LogP contribution is 2.34. The third-order valence-corrected chi connectivity index (χ3v) is 6.79. The SMILES string of the molecule is CCOc1cc(/C=C2\C(=O)NC(=O)N(c3ccc(Cl)c(Cl)c3)C2=O)cc(Cl)c1Cc1cc(C)cc(C)c1. The molecule has 1 heterocycles. The van der Waals surface area contributed by atoms with Crippen molar-refractivity contribution in [3.8, 4) is 5.75 Å². The van der Waals surface area contributed by atoms with Gasteiger partial charge in [-0.2, -0.15) is 0 Å². The molecular weight excluding hydrogens is 535 g/mol. The minimum Gasteiger partial charge on any atom is -0.494 e. The van der Waals surface area contributed by atoms with Gasteiger partial charge in [-0.3, -0.25) is 14.9 Å². The highest BCUT2D eigenvalue weighted by molar-refractivity contribution is 6.43. The average molecular weight is 558 g/mol. The van der Waals surface area contributed by atoms with E-state index >= 15 is 0 Å². The van der Waals surface area contributed by atoms with E-state index in [1.54, 1.807) is 12.1 Å². The summed E-state index contributed by atoms with van der Waals surface area (Å²) in [5, 5.41) is 3.05. The number of halogens is 3. The van der Waals surface area contributed by atoms with E-state index < -0.39 is 17.8 Å². The number of imide groups is 2. The highest BCUT2D eigenvalue weighted by Gasteiger charge is 2.37. The van der Waals surface area contributed by atoms with Crippen LogP contribution in [0.3, 0.4) is 0 Å². The summed E-state index contributed by atoms with van der Waals surface area (Å²) in [6, 6.07) is 13.1. The number of aryl methyl sites for hydroxylation is 2.